The molecule has 0 saturated carbocycles. The zero-order valence-corrected chi connectivity index (χ0v) is 11.9. The highest BCUT2D eigenvalue weighted by Crippen LogP contribution is 2.16. The summed E-state index contributed by atoms with van der Waals surface area (Å²) in [5.74, 6) is 0.683. The van der Waals surface area contributed by atoms with Crippen LogP contribution >= 0.6 is 15.9 Å². The Hall–Kier alpha value is -1.07. The van der Waals surface area contributed by atoms with Gasteiger partial charge < -0.3 is 15.2 Å². The first-order valence-corrected chi connectivity index (χ1v) is 6.69. The van der Waals surface area contributed by atoms with Crippen molar-refractivity contribution in [3.63, 3.8) is 0 Å². The number of nitrogens with one attached hydrogen (secondary N) is 1. The summed E-state index contributed by atoms with van der Waals surface area (Å²) in [6, 6.07) is 7.46. The summed E-state index contributed by atoms with van der Waals surface area (Å²) < 4.78 is 6.43. The molecule has 1 unspecified atom stereocenters. The second-order valence-corrected chi connectivity index (χ2v) is 4.95. The number of ether oxygens (including phenoxy) is 1. The quantitative estimate of drug-likeness (QED) is 0.810. The van der Waals surface area contributed by atoms with E-state index in [1.54, 1.807) is 0 Å². The number of halogens is 1. The molecule has 1 atom stereocenters. The van der Waals surface area contributed by atoms with Gasteiger partial charge >= 0.3 is 0 Å². The summed E-state index contributed by atoms with van der Waals surface area (Å²) in [6.07, 6.45) is 0.880. The monoisotopic (exact) mass is 315 g/mol. The van der Waals surface area contributed by atoms with Crippen LogP contribution in [0.25, 0.3) is 0 Å². The fraction of sp³-hybridized carbons (Fsp3) is 0.462. The minimum Gasteiger partial charge on any atom is -0.493 e. The number of carbonyl (C=O) groups is 1. The topological polar surface area (TPSA) is 58.6 Å². The van der Waals surface area contributed by atoms with Gasteiger partial charge in [-0.2, -0.15) is 0 Å². The fourth-order valence-electron chi connectivity index (χ4n) is 1.41. The molecule has 0 aliphatic rings. The second-order valence-electron chi connectivity index (χ2n) is 4.03. The van der Waals surface area contributed by atoms with Gasteiger partial charge in [0, 0.05) is 17.1 Å². The Labute approximate surface area is 115 Å². The second kappa shape index (κ2) is 8.11. The number of benzene rings is 1. The van der Waals surface area contributed by atoms with Crippen molar-refractivity contribution in [2.45, 2.75) is 25.8 Å². The van der Waals surface area contributed by atoms with Crippen molar-refractivity contribution in [3.8, 4) is 5.75 Å². The van der Waals surface area contributed by atoms with Crippen LogP contribution in [-0.2, 0) is 4.79 Å². The molecule has 0 saturated heterocycles. The molecule has 0 spiro atoms. The van der Waals surface area contributed by atoms with E-state index in [1.807, 2.05) is 31.2 Å². The number of rotatable bonds is 7. The van der Waals surface area contributed by atoms with E-state index < -0.39 is 0 Å². The molecule has 4 nitrogen and oxygen atoms in total. The van der Waals surface area contributed by atoms with Crippen LogP contribution in [0.4, 0.5) is 0 Å². The van der Waals surface area contributed by atoms with Gasteiger partial charge in [-0.25, -0.2) is 0 Å². The van der Waals surface area contributed by atoms with Crippen molar-refractivity contribution >= 4 is 21.8 Å². The summed E-state index contributed by atoms with van der Waals surface area (Å²) in [6.45, 7) is 2.29. The van der Waals surface area contributed by atoms with E-state index in [9.17, 15) is 4.79 Å². The predicted octanol–water partition coefficient (Wildman–Crippen LogP) is 2.11. The lowest BCUT2D eigenvalue weighted by molar-refractivity contribution is -0.122. The van der Waals surface area contributed by atoms with Crippen LogP contribution in [0.2, 0.25) is 0 Å². The molecule has 0 aliphatic carbocycles. The van der Waals surface area contributed by atoms with Crippen molar-refractivity contribution in [1.82, 2.24) is 5.32 Å². The van der Waals surface area contributed by atoms with Gasteiger partial charge in [0.2, 0.25) is 5.91 Å². The van der Waals surface area contributed by atoms with Gasteiger partial charge in [-0.15, -0.1) is 0 Å². The van der Waals surface area contributed by atoms with Crippen molar-refractivity contribution in [2.75, 3.05) is 13.2 Å². The molecule has 0 fully saturated rings. The normalized spacial score (nSPS) is 11.9. The third-order valence-corrected chi connectivity index (χ3v) is 2.91. The molecule has 0 radical (unpaired) electrons. The Kier molecular flexibility index (Phi) is 6.75. The molecule has 2 N–H and O–H groups in total. The molecule has 0 bridgehead atoms. The Balaban J connectivity index is 2.21. The first-order valence-electron chi connectivity index (χ1n) is 5.90. The SMILES string of the molecule is CC(CCO)NC(=O)CCOc1ccc(Br)cc1. The highest BCUT2D eigenvalue weighted by molar-refractivity contribution is 9.10. The van der Waals surface area contributed by atoms with E-state index in [1.165, 1.54) is 0 Å². The Morgan fingerprint density at radius 2 is 2.11 bits per heavy atom. The third kappa shape index (κ3) is 6.02. The Morgan fingerprint density at radius 1 is 1.44 bits per heavy atom. The summed E-state index contributed by atoms with van der Waals surface area (Å²) in [5, 5.41) is 11.5. The van der Waals surface area contributed by atoms with Gasteiger partial charge in [0.25, 0.3) is 0 Å². The van der Waals surface area contributed by atoms with Gasteiger partial charge in [0.1, 0.15) is 5.75 Å². The smallest absolute Gasteiger partial charge is 0.223 e. The van der Waals surface area contributed by atoms with Crippen molar-refractivity contribution < 1.29 is 14.6 Å². The number of carbonyl (C=O) groups excluding carboxylic acids is 1. The summed E-state index contributed by atoms with van der Waals surface area (Å²) in [7, 11) is 0. The van der Waals surface area contributed by atoms with Gasteiger partial charge in [-0.1, -0.05) is 15.9 Å². The molecule has 5 heteroatoms. The van der Waals surface area contributed by atoms with Crippen LogP contribution in [0.3, 0.4) is 0 Å². The molecule has 0 aliphatic heterocycles. The maximum Gasteiger partial charge on any atom is 0.223 e. The number of amides is 1. The van der Waals surface area contributed by atoms with E-state index in [-0.39, 0.29) is 18.6 Å². The van der Waals surface area contributed by atoms with Gasteiger partial charge in [-0.3, -0.25) is 4.79 Å². The van der Waals surface area contributed by atoms with Gasteiger partial charge in [0.05, 0.1) is 13.0 Å². The lowest BCUT2D eigenvalue weighted by Gasteiger charge is -2.12. The van der Waals surface area contributed by atoms with Gasteiger partial charge in [-0.05, 0) is 37.6 Å². The maximum absolute atomic E-state index is 11.5. The number of hydrogen-bond donors (Lipinski definition) is 2. The predicted molar refractivity (Wildman–Crippen MR) is 73.6 cm³/mol. The van der Waals surface area contributed by atoms with Crippen molar-refractivity contribution in [2.24, 2.45) is 0 Å². The van der Waals surface area contributed by atoms with Crippen molar-refractivity contribution in [1.29, 1.82) is 0 Å². The van der Waals surface area contributed by atoms with Crippen LogP contribution in [0.15, 0.2) is 28.7 Å². The van der Waals surface area contributed by atoms with E-state index in [4.69, 9.17) is 9.84 Å². The van der Waals surface area contributed by atoms with Crippen LogP contribution in [0, 0.1) is 0 Å². The van der Waals surface area contributed by atoms with E-state index in [0.29, 0.717) is 19.4 Å². The average molecular weight is 316 g/mol. The minimum atomic E-state index is -0.0620. The molecule has 1 aromatic carbocycles. The highest BCUT2D eigenvalue weighted by atomic mass is 79.9. The van der Waals surface area contributed by atoms with E-state index in [2.05, 4.69) is 21.2 Å². The summed E-state index contributed by atoms with van der Waals surface area (Å²) >= 11 is 3.34. The molecule has 1 rings (SSSR count). The molecule has 100 valence electrons. The van der Waals surface area contributed by atoms with Gasteiger partial charge in [0.15, 0.2) is 0 Å². The summed E-state index contributed by atoms with van der Waals surface area (Å²) in [5.41, 5.74) is 0. The van der Waals surface area contributed by atoms with Crippen LogP contribution in [0.5, 0.6) is 5.75 Å². The Morgan fingerprint density at radius 3 is 2.72 bits per heavy atom. The van der Waals surface area contributed by atoms with Crippen LogP contribution in [0.1, 0.15) is 19.8 Å². The minimum absolute atomic E-state index is 0.00446. The highest BCUT2D eigenvalue weighted by Gasteiger charge is 2.06. The first-order chi connectivity index (χ1) is 8.61. The molecule has 0 aromatic heterocycles. The zero-order chi connectivity index (χ0) is 13.4. The average Bonchev–Trinajstić information content (AvgIpc) is 2.32. The third-order valence-electron chi connectivity index (χ3n) is 2.38. The number of aliphatic hydroxyl groups excluding tert-OH is 1. The first kappa shape index (κ1) is 15.0. The summed E-state index contributed by atoms with van der Waals surface area (Å²) in [4.78, 5) is 11.5. The van der Waals surface area contributed by atoms with E-state index >= 15 is 0 Å². The maximum atomic E-state index is 11.5. The van der Waals surface area contributed by atoms with Crippen LogP contribution in [-0.4, -0.2) is 30.3 Å². The largest absolute Gasteiger partial charge is 0.493 e. The molecule has 1 amide bonds. The van der Waals surface area contributed by atoms with E-state index in [0.717, 1.165) is 10.2 Å². The lowest BCUT2D eigenvalue weighted by atomic mass is 10.2. The zero-order valence-electron chi connectivity index (χ0n) is 10.4. The lowest BCUT2D eigenvalue weighted by Crippen LogP contribution is -2.33. The van der Waals surface area contributed by atoms with Crippen LogP contribution < -0.4 is 10.1 Å². The standard InChI is InChI=1S/C13H18BrNO3/c1-10(6-8-16)15-13(17)7-9-18-12-4-2-11(14)3-5-12/h2-5,10,16H,6-9H2,1H3,(H,15,17). The Bertz CT molecular complexity index is 367. The molecule has 0 heterocycles. The fourth-order valence-corrected chi connectivity index (χ4v) is 1.67. The van der Waals surface area contributed by atoms with Crippen molar-refractivity contribution in [3.05, 3.63) is 28.7 Å². The molecular formula is C13H18BrNO3. The molecular weight excluding hydrogens is 298 g/mol. The number of hydrogen-bond acceptors (Lipinski definition) is 3. The molecule has 18 heavy (non-hydrogen) atoms. The number of aliphatic hydroxyl groups is 1. The molecule has 1 aromatic rings.